The molecule has 0 spiro atoms. The number of hydrogen-bond acceptors (Lipinski definition) is 1. The van der Waals surface area contributed by atoms with Crippen LogP contribution in [0.3, 0.4) is 0 Å². The van der Waals surface area contributed by atoms with Crippen molar-refractivity contribution in [3.05, 3.63) is 0 Å². The van der Waals surface area contributed by atoms with Gasteiger partial charge < -0.3 is 14.7 Å². The molecule has 0 aliphatic rings. The van der Waals surface area contributed by atoms with Gasteiger partial charge in [0.2, 0.25) is 0 Å². The van der Waals surface area contributed by atoms with E-state index in [0.717, 1.165) is 26.1 Å². The molecule has 0 atom stereocenters. The molecule has 0 aromatic carbocycles. The molecule has 0 fully saturated rings. The first-order valence-corrected chi connectivity index (χ1v) is 7.44. The summed E-state index contributed by atoms with van der Waals surface area (Å²) in [4.78, 5) is 21.6. The monoisotopic (exact) mass is 329 g/mol. The fraction of sp³-hybridized carbons (Fsp3) is 1.00. The van der Waals surface area contributed by atoms with Crippen molar-refractivity contribution in [1.29, 1.82) is 0 Å². The van der Waals surface area contributed by atoms with Crippen LogP contribution in [0.15, 0.2) is 0 Å². The summed E-state index contributed by atoms with van der Waals surface area (Å²) in [6.07, 6.45) is 0. The van der Waals surface area contributed by atoms with Crippen LogP contribution in [0.25, 0.3) is 0 Å². The number of phosphoric acid groups is 1. The van der Waals surface area contributed by atoms with Crippen molar-refractivity contribution in [2.75, 3.05) is 0 Å². The maximum absolute atomic E-state index is 8.88. The van der Waals surface area contributed by atoms with Gasteiger partial charge in [0, 0.05) is 0 Å². The summed E-state index contributed by atoms with van der Waals surface area (Å²) in [6.45, 7) is 2.21. The predicted octanol–water partition coefficient (Wildman–Crippen LogP) is 0.0428. The maximum atomic E-state index is 8.88. The van der Waals surface area contributed by atoms with Gasteiger partial charge in [0.15, 0.2) is 0 Å². The molecule has 0 aromatic rings. The Morgan fingerprint density at radius 3 is 1.50 bits per heavy atom. The molecule has 0 saturated carbocycles. The van der Waals surface area contributed by atoms with Crippen molar-refractivity contribution in [1.82, 2.24) is 0 Å². The van der Waals surface area contributed by atoms with Crippen LogP contribution < -0.4 is 0 Å². The van der Waals surface area contributed by atoms with Crippen molar-refractivity contribution in [2.24, 2.45) is 0 Å². The number of hydrogen-bond donors (Lipinski definition) is 3. The SMILES string of the molecule is C[CH2][Hg].O=P(O)(O)O. The van der Waals surface area contributed by atoms with E-state index in [1.54, 1.807) is 0 Å². The molecule has 0 radical (unpaired) electrons. The van der Waals surface area contributed by atoms with Crippen LogP contribution in [-0.4, -0.2) is 14.7 Å². The van der Waals surface area contributed by atoms with Crippen LogP contribution in [0.2, 0.25) is 3.93 Å². The van der Waals surface area contributed by atoms with Gasteiger partial charge >= 0.3 is 44.8 Å². The van der Waals surface area contributed by atoms with Crippen LogP contribution in [0.1, 0.15) is 6.92 Å². The zero-order chi connectivity index (χ0) is 7.21. The van der Waals surface area contributed by atoms with Gasteiger partial charge in [-0.05, 0) is 0 Å². The molecule has 0 aliphatic heterocycles. The van der Waals surface area contributed by atoms with E-state index >= 15 is 0 Å². The Bertz CT molecular complexity index is 69.8. The zero-order valence-electron chi connectivity index (χ0n) is 4.61. The van der Waals surface area contributed by atoms with E-state index in [9.17, 15) is 0 Å². The number of rotatable bonds is 0. The Morgan fingerprint density at radius 1 is 1.50 bits per heavy atom. The molecule has 0 bridgehead atoms. The second kappa shape index (κ2) is 6.17. The fourth-order valence-electron chi connectivity index (χ4n) is 0. The van der Waals surface area contributed by atoms with E-state index in [1.807, 2.05) is 0 Å². The van der Waals surface area contributed by atoms with Gasteiger partial charge in [-0.15, -0.1) is 0 Å². The smallest absolute Gasteiger partial charge is 0.303 e. The Kier molecular flexibility index (Phi) is 9.10. The van der Waals surface area contributed by atoms with Crippen molar-refractivity contribution < 1.29 is 45.4 Å². The van der Waals surface area contributed by atoms with E-state index in [2.05, 4.69) is 6.92 Å². The molecular weight excluding hydrogens is 320 g/mol. The van der Waals surface area contributed by atoms with Gasteiger partial charge in [-0.2, -0.15) is 0 Å². The summed E-state index contributed by atoms with van der Waals surface area (Å²) in [6, 6.07) is 0. The van der Waals surface area contributed by atoms with Gasteiger partial charge in [-0.25, -0.2) is 4.57 Å². The van der Waals surface area contributed by atoms with Crippen molar-refractivity contribution >= 4 is 7.82 Å². The van der Waals surface area contributed by atoms with Crippen LogP contribution in [0, 0.1) is 0 Å². The summed E-state index contributed by atoms with van der Waals surface area (Å²) in [7, 11) is -4.64. The van der Waals surface area contributed by atoms with Gasteiger partial charge in [-0.3, -0.25) is 0 Å². The quantitative estimate of drug-likeness (QED) is 0.434. The third kappa shape index (κ3) is 236. The normalized spacial score (nSPS) is 9.75. The largest absolute Gasteiger partial charge is 0.466 e. The Morgan fingerprint density at radius 2 is 1.50 bits per heavy atom. The van der Waals surface area contributed by atoms with Crippen molar-refractivity contribution in [2.45, 2.75) is 10.9 Å². The van der Waals surface area contributed by atoms with Crippen LogP contribution in [0.5, 0.6) is 0 Å². The molecule has 6 heteroatoms. The summed E-state index contributed by atoms with van der Waals surface area (Å²) < 4.78 is 10.3. The van der Waals surface area contributed by atoms with E-state index in [4.69, 9.17) is 19.2 Å². The Hall–Kier alpha value is 1.05. The third-order valence-electron chi connectivity index (χ3n) is 0. The van der Waals surface area contributed by atoms with Crippen molar-refractivity contribution in [3.63, 3.8) is 0 Å². The van der Waals surface area contributed by atoms with Gasteiger partial charge in [0.1, 0.15) is 0 Å². The second-order valence-corrected chi connectivity index (χ2v) is 5.93. The summed E-state index contributed by atoms with van der Waals surface area (Å²) in [5, 5.41) is 0. The minimum absolute atomic E-state index is 1.07. The van der Waals surface area contributed by atoms with Gasteiger partial charge in [0.25, 0.3) is 0 Å². The van der Waals surface area contributed by atoms with Crippen LogP contribution in [0.4, 0.5) is 0 Å². The van der Waals surface area contributed by atoms with Gasteiger partial charge in [0.05, 0.1) is 0 Å². The average molecular weight is 328 g/mol. The van der Waals surface area contributed by atoms with Crippen LogP contribution >= 0.6 is 7.82 Å². The topological polar surface area (TPSA) is 77.8 Å². The van der Waals surface area contributed by atoms with Crippen LogP contribution in [-0.2, 0) is 30.7 Å². The maximum Gasteiger partial charge on any atom is 0.466 e. The second-order valence-electron chi connectivity index (χ2n) is 1.01. The molecular formula is C2H8HgO4P. The fourth-order valence-corrected chi connectivity index (χ4v) is 0. The van der Waals surface area contributed by atoms with E-state index in [1.165, 1.54) is 3.93 Å². The molecule has 0 aliphatic carbocycles. The summed E-state index contributed by atoms with van der Waals surface area (Å²) in [5.41, 5.74) is 0. The molecule has 0 rings (SSSR count). The molecule has 0 amide bonds. The van der Waals surface area contributed by atoms with E-state index in [0.29, 0.717) is 0 Å². The minimum Gasteiger partial charge on any atom is -0.303 e. The van der Waals surface area contributed by atoms with E-state index in [-0.39, 0.29) is 0 Å². The first-order valence-electron chi connectivity index (χ1n) is 1.99. The Balaban J connectivity index is 0. The Labute approximate surface area is 64.1 Å². The molecule has 0 saturated heterocycles. The average Bonchev–Trinajstić information content (AvgIpc) is 1.27. The predicted molar refractivity (Wildman–Crippen MR) is 24.7 cm³/mol. The summed E-state index contributed by atoms with van der Waals surface area (Å²) in [5.74, 6) is 0. The van der Waals surface area contributed by atoms with Crippen molar-refractivity contribution in [3.8, 4) is 0 Å². The zero-order valence-corrected chi connectivity index (χ0v) is 11.0. The first kappa shape index (κ1) is 11.8. The molecule has 3 N–H and O–H groups in total. The van der Waals surface area contributed by atoms with Gasteiger partial charge in [-0.1, -0.05) is 0 Å². The molecule has 47 valence electrons. The standard InChI is InChI=1S/C2H5.Hg.H3O4P/c1-2;;1-5(2,3)4/h1H2,2H3;;(H3,1,2,3,4). The third-order valence-corrected chi connectivity index (χ3v) is 0. The first-order chi connectivity index (χ1) is 3.41. The molecule has 8 heavy (non-hydrogen) atoms. The van der Waals surface area contributed by atoms with E-state index < -0.39 is 7.82 Å². The molecule has 4 nitrogen and oxygen atoms in total. The molecule has 0 aromatic heterocycles. The summed E-state index contributed by atoms with van der Waals surface area (Å²) >= 11 is 1.07. The minimum atomic E-state index is -4.64. The molecule has 0 unspecified atom stereocenters. The molecule has 0 heterocycles.